The SMILES string of the molecule is CCC(C)Oc1cccc(NCc2cnoc2)c1. The first-order chi connectivity index (χ1) is 8.78. The van der Waals surface area contributed by atoms with Crippen molar-refractivity contribution in [3.8, 4) is 5.75 Å². The van der Waals surface area contributed by atoms with Crippen LogP contribution < -0.4 is 10.1 Å². The van der Waals surface area contributed by atoms with E-state index in [1.54, 1.807) is 12.5 Å². The van der Waals surface area contributed by atoms with Gasteiger partial charge < -0.3 is 14.6 Å². The number of ether oxygens (including phenoxy) is 1. The highest BCUT2D eigenvalue weighted by Crippen LogP contribution is 2.19. The van der Waals surface area contributed by atoms with E-state index in [2.05, 4.69) is 24.3 Å². The van der Waals surface area contributed by atoms with Crippen LogP contribution in [0.15, 0.2) is 41.2 Å². The van der Waals surface area contributed by atoms with Gasteiger partial charge in [0.25, 0.3) is 0 Å². The lowest BCUT2D eigenvalue weighted by Gasteiger charge is -2.13. The molecule has 0 aliphatic rings. The molecule has 4 heteroatoms. The first-order valence-corrected chi connectivity index (χ1v) is 6.16. The molecule has 2 aromatic rings. The third kappa shape index (κ3) is 3.52. The van der Waals surface area contributed by atoms with Crippen LogP contribution in [0.2, 0.25) is 0 Å². The van der Waals surface area contributed by atoms with E-state index in [0.717, 1.165) is 23.4 Å². The van der Waals surface area contributed by atoms with Gasteiger partial charge in [0.15, 0.2) is 0 Å². The summed E-state index contributed by atoms with van der Waals surface area (Å²) in [5.41, 5.74) is 2.04. The summed E-state index contributed by atoms with van der Waals surface area (Å²) < 4.78 is 10.5. The van der Waals surface area contributed by atoms with Gasteiger partial charge in [-0.2, -0.15) is 0 Å². The Balaban J connectivity index is 1.94. The van der Waals surface area contributed by atoms with Crippen molar-refractivity contribution in [2.45, 2.75) is 32.9 Å². The van der Waals surface area contributed by atoms with Crippen LogP contribution >= 0.6 is 0 Å². The third-order valence-electron chi connectivity index (χ3n) is 2.73. The quantitative estimate of drug-likeness (QED) is 0.847. The van der Waals surface area contributed by atoms with Gasteiger partial charge in [-0.25, -0.2) is 0 Å². The molecule has 1 aromatic heterocycles. The van der Waals surface area contributed by atoms with Crippen molar-refractivity contribution in [1.29, 1.82) is 0 Å². The molecule has 2 rings (SSSR count). The largest absolute Gasteiger partial charge is 0.491 e. The van der Waals surface area contributed by atoms with Crippen LogP contribution in [0.1, 0.15) is 25.8 Å². The first kappa shape index (κ1) is 12.5. The van der Waals surface area contributed by atoms with E-state index >= 15 is 0 Å². The minimum Gasteiger partial charge on any atom is -0.491 e. The second kappa shape index (κ2) is 6.10. The maximum atomic E-state index is 5.77. The zero-order chi connectivity index (χ0) is 12.8. The predicted octanol–water partition coefficient (Wildman–Crippen LogP) is 3.46. The van der Waals surface area contributed by atoms with E-state index in [-0.39, 0.29) is 6.10 Å². The fraction of sp³-hybridized carbons (Fsp3) is 0.357. The highest BCUT2D eigenvalue weighted by molar-refractivity contribution is 5.48. The molecule has 18 heavy (non-hydrogen) atoms. The summed E-state index contributed by atoms with van der Waals surface area (Å²) in [4.78, 5) is 0. The first-order valence-electron chi connectivity index (χ1n) is 6.16. The number of benzene rings is 1. The normalized spacial score (nSPS) is 12.1. The van der Waals surface area contributed by atoms with Gasteiger partial charge in [0, 0.05) is 23.9 Å². The number of rotatable bonds is 6. The molecule has 0 fully saturated rings. The Labute approximate surface area is 107 Å². The van der Waals surface area contributed by atoms with Crippen molar-refractivity contribution in [3.05, 3.63) is 42.3 Å². The smallest absolute Gasteiger partial charge is 0.128 e. The van der Waals surface area contributed by atoms with Crippen LogP contribution in [0.25, 0.3) is 0 Å². The van der Waals surface area contributed by atoms with Gasteiger partial charge in [0.1, 0.15) is 12.0 Å². The zero-order valence-corrected chi connectivity index (χ0v) is 10.7. The van der Waals surface area contributed by atoms with Gasteiger partial charge in [-0.15, -0.1) is 0 Å². The molecule has 1 atom stereocenters. The van der Waals surface area contributed by atoms with E-state index in [1.165, 1.54) is 0 Å². The molecule has 0 spiro atoms. The average molecular weight is 246 g/mol. The minimum atomic E-state index is 0.235. The monoisotopic (exact) mass is 246 g/mol. The van der Waals surface area contributed by atoms with Gasteiger partial charge in [-0.05, 0) is 25.5 Å². The summed E-state index contributed by atoms with van der Waals surface area (Å²) in [6.45, 7) is 4.87. The van der Waals surface area contributed by atoms with Crippen LogP contribution in [0.3, 0.4) is 0 Å². The van der Waals surface area contributed by atoms with E-state index in [1.807, 2.05) is 24.3 Å². The van der Waals surface area contributed by atoms with Gasteiger partial charge in [0.2, 0.25) is 0 Å². The summed E-state index contributed by atoms with van der Waals surface area (Å²) in [5, 5.41) is 6.96. The molecule has 0 aliphatic heterocycles. The topological polar surface area (TPSA) is 47.3 Å². The van der Waals surface area contributed by atoms with E-state index in [0.29, 0.717) is 6.54 Å². The molecule has 0 amide bonds. The minimum absolute atomic E-state index is 0.235. The van der Waals surface area contributed by atoms with Gasteiger partial charge in [0.05, 0.1) is 12.3 Å². The van der Waals surface area contributed by atoms with Crippen molar-refractivity contribution in [1.82, 2.24) is 5.16 Å². The Morgan fingerprint density at radius 3 is 3.06 bits per heavy atom. The van der Waals surface area contributed by atoms with E-state index < -0.39 is 0 Å². The summed E-state index contributed by atoms with van der Waals surface area (Å²) >= 11 is 0. The predicted molar refractivity (Wildman–Crippen MR) is 70.7 cm³/mol. The fourth-order valence-corrected chi connectivity index (χ4v) is 1.51. The molecular weight excluding hydrogens is 228 g/mol. The molecule has 0 saturated carbocycles. The number of aromatic nitrogens is 1. The molecule has 1 heterocycles. The maximum absolute atomic E-state index is 5.77. The second-order valence-corrected chi connectivity index (χ2v) is 4.25. The highest BCUT2D eigenvalue weighted by Gasteiger charge is 2.02. The molecule has 0 aliphatic carbocycles. The molecule has 0 saturated heterocycles. The van der Waals surface area contributed by atoms with Crippen molar-refractivity contribution >= 4 is 5.69 Å². The lowest BCUT2D eigenvalue weighted by molar-refractivity contribution is 0.217. The summed E-state index contributed by atoms with van der Waals surface area (Å²) in [5.74, 6) is 0.889. The zero-order valence-electron chi connectivity index (χ0n) is 10.7. The number of hydrogen-bond acceptors (Lipinski definition) is 4. The Kier molecular flexibility index (Phi) is 4.23. The van der Waals surface area contributed by atoms with Crippen molar-refractivity contribution in [2.24, 2.45) is 0 Å². The number of anilines is 1. The lowest BCUT2D eigenvalue weighted by Crippen LogP contribution is -2.09. The Hall–Kier alpha value is -1.97. The molecule has 0 bridgehead atoms. The Bertz CT molecular complexity index is 468. The maximum Gasteiger partial charge on any atom is 0.128 e. The Morgan fingerprint density at radius 2 is 2.33 bits per heavy atom. The van der Waals surface area contributed by atoms with Crippen molar-refractivity contribution < 1.29 is 9.26 Å². The van der Waals surface area contributed by atoms with Crippen LogP contribution in [-0.2, 0) is 6.54 Å². The third-order valence-corrected chi connectivity index (χ3v) is 2.73. The summed E-state index contributed by atoms with van der Waals surface area (Å²) in [7, 11) is 0. The molecule has 1 N–H and O–H groups in total. The molecule has 4 nitrogen and oxygen atoms in total. The molecule has 1 aromatic carbocycles. The van der Waals surface area contributed by atoms with Gasteiger partial charge in [-0.3, -0.25) is 0 Å². The van der Waals surface area contributed by atoms with Gasteiger partial charge >= 0.3 is 0 Å². The number of hydrogen-bond donors (Lipinski definition) is 1. The van der Waals surface area contributed by atoms with Gasteiger partial charge in [-0.1, -0.05) is 18.1 Å². The van der Waals surface area contributed by atoms with E-state index in [9.17, 15) is 0 Å². The molecule has 96 valence electrons. The summed E-state index contributed by atoms with van der Waals surface area (Å²) in [6, 6.07) is 7.96. The number of nitrogens with zero attached hydrogens (tertiary/aromatic N) is 1. The van der Waals surface area contributed by atoms with E-state index in [4.69, 9.17) is 9.26 Å². The molecule has 1 unspecified atom stereocenters. The summed E-state index contributed by atoms with van der Waals surface area (Å²) in [6.07, 6.45) is 4.57. The highest BCUT2D eigenvalue weighted by atomic mass is 16.5. The average Bonchev–Trinajstić information content (AvgIpc) is 2.90. The van der Waals surface area contributed by atoms with Crippen LogP contribution in [0.5, 0.6) is 5.75 Å². The van der Waals surface area contributed by atoms with Crippen molar-refractivity contribution in [2.75, 3.05) is 5.32 Å². The van der Waals surface area contributed by atoms with Crippen molar-refractivity contribution in [3.63, 3.8) is 0 Å². The van der Waals surface area contributed by atoms with Crippen LogP contribution in [0, 0.1) is 0 Å². The Morgan fingerprint density at radius 1 is 1.44 bits per heavy atom. The fourth-order valence-electron chi connectivity index (χ4n) is 1.51. The number of nitrogens with one attached hydrogen (secondary N) is 1. The standard InChI is InChI=1S/C14H18N2O2/c1-3-11(2)18-14-6-4-5-13(7-14)15-8-12-9-16-17-10-12/h4-7,9-11,15H,3,8H2,1-2H3. The lowest BCUT2D eigenvalue weighted by atomic mass is 10.2. The second-order valence-electron chi connectivity index (χ2n) is 4.25. The molecule has 0 radical (unpaired) electrons. The van der Waals surface area contributed by atoms with Crippen LogP contribution in [-0.4, -0.2) is 11.3 Å². The molecular formula is C14H18N2O2. The van der Waals surface area contributed by atoms with Crippen LogP contribution in [0.4, 0.5) is 5.69 Å².